The van der Waals surface area contributed by atoms with Gasteiger partial charge in [0.2, 0.25) is 0 Å². The summed E-state index contributed by atoms with van der Waals surface area (Å²) >= 11 is 0. The molecular formula is C8H14N4O. The van der Waals surface area contributed by atoms with Crippen LogP contribution in [0.4, 0.5) is 5.69 Å². The predicted molar refractivity (Wildman–Crippen MR) is 51.7 cm³/mol. The molecule has 0 unspecified atom stereocenters. The smallest absolute Gasteiger partial charge is 0.268 e. The number of rotatable bonds is 4. The quantitative estimate of drug-likeness (QED) is 0.666. The van der Waals surface area contributed by atoms with E-state index >= 15 is 0 Å². The average molecular weight is 182 g/mol. The number of anilines is 1. The first-order chi connectivity index (χ1) is 6.27. The molecular weight excluding hydrogens is 168 g/mol. The maximum absolute atomic E-state index is 11.3. The van der Waals surface area contributed by atoms with Crippen LogP contribution in [0.15, 0.2) is 17.1 Å². The van der Waals surface area contributed by atoms with Crippen molar-refractivity contribution in [3.63, 3.8) is 0 Å². The normalized spacial score (nSPS) is 10.0. The van der Waals surface area contributed by atoms with E-state index in [4.69, 9.17) is 5.73 Å². The molecule has 0 saturated carbocycles. The zero-order valence-corrected chi connectivity index (χ0v) is 7.66. The molecule has 0 amide bonds. The van der Waals surface area contributed by atoms with Crippen LogP contribution in [0.25, 0.3) is 0 Å². The molecule has 0 aliphatic heterocycles. The van der Waals surface area contributed by atoms with E-state index in [2.05, 4.69) is 10.4 Å². The van der Waals surface area contributed by atoms with Crippen LogP contribution in [0, 0.1) is 0 Å². The van der Waals surface area contributed by atoms with Crippen LogP contribution in [0.2, 0.25) is 0 Å². The van der Waals surface area contributed by atoms with Gasteiger partial charge in [0.25, 0.3) is 5.56 Å². The Labute approximate surface area is 76.6 Å². The lowest BCUT2D eigenvalue weighted by atomic mass is 10.4. The second-order valence-electron chi connectivity index (χ2n) is 2.61. The Morgan fingerprint density at radius 2 is 2.46 bits per heavy atom. The van der Waals surface area contributed by atoms with Gasteiger partial charge >= 0.3 is 0 Å². The van der Waals surface area contributed by atoms with E-state index in [9.17, 15) is 4.79 Å². The summed E-state index contributed by atoms with van der Waals surface area (Å²) in [5.74, 6) is 0. The van der Waals surface area contributed by atoms with Gasteiger partial charge in [0.1, 0.15) is 0 Å². The zero-order valence-electron chi connectivity index (χ0n) is 7.66. The highest BCUT2D eigenvalue weighted by Gasteiger charge is 1.96. The van der Waals surface area contributed by atoms with Crippen LogP contribution < -0.4 is 16.6 Å². The molecule has 72 valence electrons. The van der Waals surface area contributed by atoms with Crippen molar-refractivity contribution in [1.29, 1.82) is 0 Å². The van der Waals surface area contributed by atoms with Crippen molar-refractivity contribution in [3.05, 3.63) is 22.6 Å². The van der Waals surface area contributed by atoms with Crippen LogP contribution in [0.1, 0.15) is 6.92 Å². The molecule has 5 heteroatoms. The minimum atomic E-state index is -0.0930. The summed E-state index contributed by atoms with van der Waals surface area (Å²) in [6, 6.07) is 1.52. The molecule has 1 rings (SSSR count). The molecule has 0 atom stereocenters. The molecule has 0 bridgehead atoms. The number of nitrogens with zero attached hydrogens (tertiary/aromatic N) is 2. The highest BCUT2D eigenvalue weighted by Crippen LogP contribution is 1.97. The summed E-state index contributed by atoms with van der Waals surface area (Å²) in [6.45, 7) is 3.66. The van der Waals surface area contributed by atoms with Crippen molar-refractivity contribution in [2.75, 3.05) is 18.4 Å². The third-order valence-corrected chi connectivity index (χ3v) is 1.64. The lowest BCUT2D eigenvalue weighted by Crippen LogP contribution is -2.22. The Kier molecular flexibility index (Phi) is 3.45. The number of aryl methyl sites for hydroxylation is 1. The SMILES string of the molecule is CCn1ncc(NCCN)cc1=O. The van der Waals surface area contributed by atoms with Crippen molar-refractivity contribution in [3.8, 4) is 0 Å². The molecule has 1 aromatic rings. The summed E-state index contributed by atoms with van der Waals surface area (Å²) in [4.78, 5) is 11.3. The van der Waals surface area contributed by atoms with E-state index in [1.54, 1.807) is 6.20 Å². The molecule has 0 aliphatic rings. The fraction of sp³-hybridized carbons (Fsp3) is 0.500. The Morgan fingerprint density at radius 1 is 1.69 bits per heavy atom. The van der Waals surface area contributed by atoms with Gasteiger partial charge in [0, 0.05) is 25.7 Å². The summed E-state index contributed by atoms with van der Waals surface area (Å²) in [7, 11) is 0. The lowest BCUT2D eigenvalue weighted by molar-refractivity contribution is 0.616. The van der Waals surface area contributed by atoms with Crippen molar-refractivity contribution in [1.82, 2.24) is 9.78 Å². The van der Waals surface area contributed by atoms with Gasteiger partial charge in [-0.05, 0) is 6.92 Å². The number of hydrogen-bond donors (Lipinski definition) is 2. The number of hydrogen-bond acceptors (Lipinski definition) is 4. The molecule has 0 saturated heterocycles. The average Bonchev–Trinajstić information content (AvgIpc) is 2.15. The monoisotopic (exact) mass is 182 g/mol. The van der Waals surface area contributed by atoms with Gasteiger partial charge in [0.15, 0.2) is 0 Å². The highest BCUT2D eigenvalue weighted by molar-refractivity contribution is 5.38. The fourth-order valence-corrected chi connectivity index (χ4v) is 0.984. The van der Waals surface area contributed by atoms with Gasteiger partial charge in [0.05, 0.1) is 11.9 Å². The lowest BCUT2D eigenvalue weighted by Gasteiger charge is -2.04. The predicted octanol–water partition coefficient (Wildman–Crippen LogP) is -0.366. The van der Waals surface area contributed by atoms with Gasteiger partial charge in [-0.1, -0.05) is 0 Å². The van der Waals surface area contributed by atoms with E-state index < -0.39 is 0 Å². The first-order valence-electron chi connectivity index (χ1n) is 4.29. The van der Waals surface area contributed by atoms with Gasteiger partial charge in [-0.25, -0.2) is 4.68 Å². The molecule has 1 heterocycles. The van der Waals surface area contributed by atoms with E-state index in [1.165, 1.54) is 10.7 Å². The molecule has 0 radical (unpaired) electrons. The van der Waals surface area contributed by atoms with Gasteiger partial charge in [-0.3, -0.25) is 4.79 Å². The highest BCUT2D eigenvalue weighted by atomic mass is 16.1. The third-order valence-electron chi connectivity index (χ3n) is 1.64. The first-order valence-corrected chi connectivity index (χ1v) is 4.29. The Balaban J connectivity index is 2.77. The van der Waals surface area contributed by atoms with Crippen molar-refractivity contribution in [2.45, 2.75) is 13.5 Å². The molecule has 1 aromatic heterocycles. The second-order valence-corrected chi connectivity index (χ2v) is 2.61. The molecule has 0 aliphatic carbocycles. The second kappa shape index (κ2) is 4.61. The topological polar surface area (TPSA) is 72.9 Å². The summed E-state index contributed by atoms with van der Waals surface area (Å²) in [6.07, 6.45) is 1.63. The van der Waals surface area contributed by atoms with E-state index in [0.29, 0.717) is 19.6 Å². The summed E-state index contributed by atoms with van der Waals surface area (Å²) < 4.78 is 1.40. The van der Waals surface area contributed by atoms with Crippen LogP contribution in [0.5, 0.6) is 0 Å². The van der Waals surface area contributed by atoms with Crippen LogP contribution in [-0.4, -0.2) is 22.9 Å². The molecule has 0 fully saturated rings. The molecule has 13 heavy (non-hydrogen) atoms. The molecule has 3 N–H and O–H groups in total. The van der Waals surface area contributed by atoms with Gasteiger partial charge in [-0.2, -0.15) is 5.10 Å². The minimum absolute atomic E-state index is 0.0930. The fourth-order valence-electron chi connectivity index (χ4n) is 0.984. The third kappa shape index (κ3) is 2.55. The van der Waals surface area contributed by atoms with E-state index in [-0.39, 0.29) is 5.56 Å². The maximum Gasteiger partial charge on any atom is 0.268 e. The van der Waals surface area contributed by atoms with Gasteiger partial charge < -0.3 is 11.1 Å². The number of aromatic nitrogens is 2. The first kappa shape index (κ1) is 9.73. The minimum Gasteiger partial charge on any atom is -0.382 e. The van der Waals surface area contributed by atoms with Crippen LogP contribution in [0.3, 0.4) is 0 Å². The Morgan fingerprint density at radius 3 is 3.00 bits per heavy atom. The molecule has 0 spiro atoms. The number of nitrogens with two attached hydrogens (primary N) is 1. The maximum atomic E-state index is 11.3. The molecule has 5 nitrogen and oxygen atoms in total. The van der Waals surface area contributed by atoms with Crippen LogP contribution >= 0.6 is 0 Å². The van der Waals surface area contributed by atoms with Crippen molar-refractivity contribution < 1.29 is 0 Å². The van der Waals surface area contributed by atoms with Crippen molar-refractivity contribution in [2.24, 2.45) is 5.73 Å². The summed E-state index contributed by atoms with van der Waals surface area (Å²) in [5.41, 5.74) is 5.93. The summed E-state index contributed by atoms with van der Waals surface area (Å²) in [5, 5.41) is 6.94. The molecule has 0 aromatic carbocycles. The standard InChI is InChI=1S/C8H14N4O/c1-2-12-8(13)5-7(6-11-12)10-4-3-9/h5-6,10H,2-4,9H2,1H3. The zero-order chi connectivity index (χ0) is 9.68. The van der Waals surface area contributed by atoms with Gasteiger partial charge in [-0.15, -0.1) is 0 Å². The number of nitrogens with one attached hydrogen (secondary N) is 1. The van der Waals surface area contributed by atoms with E-state index in [1.807, 2.05) is 6.92 Å². The van der Waals surface area contributed by atoms with Crippen molar-refractivity contribution >= 4 is 5.69 Å². The largest absolute Gasteiger partial charge is 0.382 e. The van der Waals surface area contributed by atoms with Crippen LogP contribution in [-0.2, 0) is 6.54 Å². The Bertz CT molecular complexity index is 320. The van der Waals surface area contributed by atoms with E-state index in [0.717, 1.165) is 5.69 Å². The Hall–Kier alpha value is -1.36.